The predicted octanol–water partition coefficient (Wildman–Crippen LogP) is 4.60. The Morgan fingerprint density at radius 1 is 1.05 bits per heavy atom. The number of hydrogen-bond acceptors (Lipinski definition) is 6. The number of nitrogens with zero attached hydrogens (tertiary/aromatic N) is 2. The quantitative estimate of drug-likeness (QED) is 0.344. The van der Waals surface area contributed by atoms with E-state index in [1.54, 1.807) is 43.3 Å². The fourth-order valence-electron chi connectivity index (χ4n) is 4.00. The number of ether oxygens (including phenoxy) is 2. The first-order valence-corrected chi connectivity index (χ1v) is 15.0. The molecule has 2 aromatic carbocycles. The molecular formula is C26H33Cl2N3O6S. The fraction of sp³-hybridized carbons (Fsp3) is 0.462. The second-order valence-corrected chi connectivity index (χ2v) is 11.8. The lowest BCUT2D eigenvalue weighted by atomic mass is 10.1. The normalized spacial score (nSPS) is 13.2. The largest absolute Gasteiger partial charge is 0.454 e. The van der Waals surface area contributed by atoms with E-state index in [1.807, 2.05) is 6.92 Å². The number of rotatable bonds is 13. The maximum Gasteiger partial charge on any atom is 0.242 e. The zero-order valence-electron chi connectivity index (χ0n) is 21.7. The van der Waals surface area contributed by atoms with Gasteiger partial charge in [-0.2, -0.15) is 0 Å². The van der Waals surface area contributed by atoms with Crippen molar-refractivity contribution < 1.29 is 27.5 Å². The number of unbranched alkanes of at least 4 members (excludes halogenated alkanes) is 1. The van der Waals surface area contributed by atoms with Gasteiger partial charge in [-0.25, -0.2) is 8.42 Å². The molecular weight excluding hydrogens is 553 g/mol. The molecule has 208 valence electrons. The first kappa shape index (κ1) is 29.9. The summed E-state index contributed by atoms with van der Waals surface area (Å²) in [6.45, 7) is 4.52. The molecule has 0 aliphatic carbocycles. The van der Waals surface area contributed by atoms with E-state index in [9.17, 15) is 18.0 Å². The lowest BCUT2D eigenvalue weighted by Gasteiger charge is -2.29. The molecule has 1 N–H and O–H groups in total. The molecule has 0 aromatic heterocycles. The first-order valence-electron chi connectivity index (χ1n) is 12.4. The highest BCUT2D eigenvalue weighted by atomic mass is 35.5. The smallest absolute Gasteiger partial charge is 0.242 e. The van der Waals surface area contributed by atoms with Crippen LogP contribution < -0.4 is 19.1 Å². The molecule has 0 spiro atoms. The summed E-state index contributed by atoms with van der Waals surface area (Å²) in [6, 6.07) is 9.20. The van der Waals surface area contributed by atoms with Crippen LogP contribution in [0.1, 0.15) is 45.1 Å². The van der Waals surface area contributed by atoms with E-state index in [2.05, 4.69) is 5.32 Å². The number of carbonyl (C=O) groups excluding carboxylic acids is 2. The molecule has 0 unspecified atom stereocenters. The molecule has 0 fully saturated rings. The molecule has 1 aliphatic heterocycles. The van der Waals surface area contributed by atoms with Gasteiger partial charge in [-0.05, 0) is 49.6 Å². The van der Waals surface area contributed by atoms with Crippen LogP contribution >= 0.6 is 23.2 Å². The highest BCUT2D eigenvalue weighted by Gasteiger charge is 2.27. The van der Waals surface area contributed by atoms with Gasteiger partial charge in [0.2, 0.25) is 28.6 Å². The zero-order chi connectivity index (χ0) is 27.9. The summed E-state index contributed by atoms with van der Waals surface area (Å²) in [5, 5.41) is 3.61. The van der Waals surface area contributed by atoms with E-state index >= 15 is 0 Å². The van der Waals surface area contributed by atoms with Crippen LogP contribution in [0.4, 0.5) is 5.69 Å². The van der Waals surface area contributed by atoms with Crippen LogP contribution in [0, 0.1) is 0 Å². The van der Waals surface area contributed by atoms with Gasteiger partial charge in [-0.15, -0.1) is 0 Å². The van der Waals surface area contributed by atoms with E-state index in [0.717, 1.165) is 24.7 Å². The molecule has 0 bridgehead atoms. The Kier molecular flexibility index (Phi) is 10.5. The molecule has 9 nitrogen and oxygen atoms in total. The maximum atomic E-state index is 13.4. The fourth-order valence-corrected chi connectivity index (χ4v) is 5.28. The number of fused-ring (bicyclic) bond motifs is 1. The second kappa shape index (κ2) is 13.4. The van der Waals surface area contributed by atoms with Crippen LogP contribution in [0.15, 0.2) is 36.4 Å². The molecule has 38 heavy (non-hydrogen) atoms. The van der Waals surface area contributed by atoms with Gasteiger partial charge in [-0.3, -0.25) is 13.9 Å². The van der Waals surface area contributed by atoms with Crippen molar-refractivity contribution in [1.82, 2.24) is 10.2 Å². The van der Waals surface area contributed by atoms with Gasteiger partial charge in [0, 0.05) is 32.1 Å². The van der Waals surface area contributed by atoms with Crippen molar-refractivity contribution in [1.29, 1.82) is 0 Å². The molecule has 1 aliphatic rings. The van der Waals surface area contributed by atoms with Crippen LogP contribution in [-0.4, -0.2) is 57.3 Å². The highest BCUT2D eigenvalue weighted by molar-refractivity contribution is 7.92. The van der Waals surface area contributed by atoms with Crippen molar-refractivity contribution in [2.24, 2.45) is 0 Å². The summed E-state index contributed by atoms with van der Waals surface area (Å²) in [7, 11) is -3.63. The molecule has 2 amide bonds. The van der Waals surface area contributed by atoms with E-state index < -0.39 is 16.1 Å². The highest BCUT2D eigenvalue weighted by Crippen LogP contribution is 2.36. The van der Waals surface area contributed by atoms with E-state index in [1.165, 1.54) is 9.21 Å². The number of sulfonamides is 1. The van der Waals surface area contributed by atoms with Crippen LogP contribution in [0.3, 0.4) is 0 Å². The molecule has 0 saturated heterocycles. The summed E-state index contributed by atoms with van der Waals surface area (Å²) in [5.74, 6) is 0.461. The van der Waals surface area contributed by atoms with Crippen molar-refractivity contribution in [3.63, 3.8) is 0 Å². The average molecular weight is 587 g/mol. The lowest BCUT2D eigenvalue weighted by molar-refractivity contribution is -0.140. The number of carbonyl (C=O) groups is 2. The maximum absolute atomic E-state index is 13.4. The van der Waals surface area contributed by atoms with Gasteiger partial charge in [0.15, 0.2) is 11.5 Å². The average Bonchev–Trinajstić information content (AvgIpc) is 3.34. The summed E-state index contributed by atoms with van der Waals surface area (Å²) in [6.07, 6.45) is 3.15. The molecule has 3 rings (SSSR count). The summed E-state index contributed by atoms with van der Waals surface area (Å²) >= 11 is 12.2. The number of hydrogen-bond donors (Lipinski definition) is 1. The number of amides is 2. The second-order valence-electron chi connectivity index (χ2n) is 9.07. The molecule has 1 heterocycles. The molecule has 2 aromatic rings. The number of nitrogens with one attached hydrogen (secondary N) is 1. The van der Waals surface area contributed by atoms with E-state index in [-0.39, 0.29) is 44.5 Å². The van der Waals surface area contributed by atoms with Crippen LogP contribution in [-0.2, 0) is 26.2 Å². The van der Waals surface area contributed by atoms with Gasteiger partial charge in [-0.1, -0.05) is 42.6 Å². The monoisotopic (exact) mass is 585 g/mol. The van der Waals surface area contributed by atoms with Gasteiger partial charge >= 0.3 is 0 Å². The number of benzene rings is 2. The number of halogens is 2. The minimum Gasteiger partial charge on any atom is -0.454 e. The van der Waals surface area contributed by atoms with Gasteiger partial charge < -0.3 is 19.7 Å². The topological polar surface area (TPSA) is 105 Å². The van der Waals surface area contributed by atoms with Crippen LogP contribution in [0.2, 0.25) is 10.0 Å². The Hall–Kier alpha value is -2.69. The molecule has 12 heteroatoms. The Morgan fingerprint density at radius 3 is 2.47 bits per heavy atom. The minimum absolute atomic E-state index is 0.0322. The third-order valence-electron chi connectivity index (χ3n) is 6.13. The molecule has 0 radical (unpaired) electrons. The van der Waals surface area contributed by atoms with E-state index in [4.69, 9.17) is 32.7 Å². The molecule has 1 atom stereocenters. The van der Waals surface area contributed by atoms with Gasteiger partial charge in [0.05, 0.1) is 22.0 Å². The summed E-state index contributed by atoms with van der Waals surface area (Å²) in [4.78, 5) is 27.7. The first-order chi connectivity index (χ1) is 18.0. The SMILES string of the molecule is CCCCNC(=O)[C@H](C)N(Cc1ccc(Cl)c(Cl)c1)C(=O)CCCN(c1ccc2c(c1)OCO2)S(C)(=O)=O. The summed E-state index contributed by atoms with van der Waals surface area (Å²) < 4.78 is 37.0. The Bertz CT molecular complexity index is 1260. The van der Waals surface area contributed by atoms with Crippen molar-refractivity contribution >= 4 is 50.7 Å². The lowest BCUT2D eigenvalue weighted by Crippen LogP contribution is -2.48. The third-order valence-corrected chi connectivity index (χ3v) is 8.06. The number of anilines is 1. The Morgan fingerprint density at radius 2 is 1.79 bits per heavy atom. The van der Waals surface area contributed by atoms with Crippen molar-refractivity contribution in [2.45, 2.75) is 52.1 Å². The van der Waals surface area contributed by atoms with Crippen LogP contribution in [0.5, 0.6) is 11.5 Å². The zero-order valence-corrected chi connectivity index (χ0v) is 24.0. The van der Waals surface area contributed by atoms with Gasteiger partial charge in [0.25, 0.3) is 0 Å². The summed E-state index contributed by atoms with van der Waals surface area (Å²) in [5.41, 5.74) is 1.14. The third kappa shape index (κ3) is 7.91. The Balaban J connectivity index is 1.73. The molecule has 0 saturated carbocycles. The minimum atomic E-state index is -3.63. The van der Waals surface area contributed by atoms with Crippen molar-refractivity contribution in [2.75, 3.05) is 30.4 Å². The predicted molar refractivity (Wildman–Crippen MR) is 148 cm³/mol. The van der Waals surface area contributed by atoms with Crippen molar-refractivity contribution in [3.8, 4) is 11.5 Å². The van der Waals surface area contributed by atoms with Crippen LogP contribution in [0.25, 0.3) is 0 Å². The Labute approximate surface area is 234 Å². The van der Waals surface area contributed by atoms with Crippen molar-refractivity contribution in [3.05, 3.63) is 52.0 Å². The standard InChI is InChI=1S/C26H33Cl2N3O6S/c1-4-5-12-29-26(33)18(2)30(16-19-8-10-21(27)22(28)14-19)25(32)7-6-13-31(38(3,34)35)20-9-11-23-24(15-20)37-17-36-23/h8-11,14-15,18H,4-7,12-13,16-17H2,1-3H3,(H,29,33)/t18-/m0/s1. The van der Waals surface area contributed by atoms with Gasteiger partial charge in [0.1, 0.15) is 6.04 Å². The van der Waals surface area contributed by atoms with E-state index in [0.29, 0.717) is 33.8 Å².